The summed E-state index contributed by atoms with van der Waals surface area (Å²) in [5.74, 6) is 0.580. The molecular weight excluding hydrogens is 278 g/mol. The fraction of sp³-hybridized carbons (Fsp3) is 0.462. The van der Waals surface area contributed by atoms with Gasteiger partial charge in [-0.05, 0) is 41.8 Å². The van der Waals surface area contributed by atoms with Crippen LogP contribution in [0.3, 0.4) is 0 Å². The first kappa shape index (κ1) is 13.3. The zero-order chi connectivity index (χ0) is 14.2. The third-order valence-electron chi connectivity index (χ3n) is 3.94. The molecule has 106 valence electrons. The molecule has 20 heavy (non-hydrogen) atoms. The Kier molecular flexibility index (Phi) is 3.35. The van der Waals surface area contributed by atoms with Gasteiger partial charge in [0.2, 0.25) is 0 Å². The molecule has 0 atom stereocenters. The molecule has 6 nitrogen and oxygen atoms in total. The van der Waals surface area contributed by atoms with E-state index in [9.17, 15) is 0 Å². The van der Waals surface area contributed by atoms with Crippen LogP contribution >= 0.6 is 11.6 Å². The van der Waals surface area contributed by atoms with Gasteiger partial charge in [0.05, 0.1) is 22.7 Å². The van der Waals surface area contributed by atoms with E-state index < -0.39 is 0 Å². The van der Waals surface area contributed by atoms with E-state index in [0.29, 0.717) is 28.6 Å². The average Bonchev–Trinajstić information content (AvgIpc) is 2.82. The summed E-state index contributed by atoms with van der Waals surface area (Å²) in [7, 11) is 1.73. The van der Waals surface area contributed by atoms with Crippen LogP contribution < -0.4 is 5.73 Å². The number of hydrogen-bond donors (Lipinski definition) is 1. The van der Waals surface area contributed by atoms with Crippen molar-refractivity contribution in [3.05, 3.63) is 23.2 Å². The fourth-order valence-electron chi connectivity index (χ4n) is 2.54. The van der Waals surface area contributed by atoms with Crippen molar-refractivity contribution in [2.45, 2.75) is 31.4 Å². The number of tetrazole rings is 1. The van der Waals surface area contributed by atoms with Gasteiger partial charge >= 0.3 is 0 Å². The van der Waals surface area contributed by atoms with E-state index in [1.165, 1.54) is 6.42 Å². The summed E-state index contributed by atoms with van der Waals surface area (Å²) in [5.41, 5.74) is 7.07. The van der Waals surface area contributed by atoms with Gasteiger partial charge in [-0.2, -0.15) is 0 Å². The topological polar surface area (TPSA) is 78.8 Å². The number of nitrogens with zero attached hydrogens (tertiary/aromatic N) is 4. The molecule has 0 bridgehead atoms. The van der Waals surface area contributed by atoms with Gasteiger partial charge in [-0.25, -0.2) is 4.68 Å². The summed E-state index contributed by atoms with van der Waals surface area (Å²) in [4.78, 5) is 0. The van der Waals surface area contributed by atoms with Crippen LogP contribution in [0.1, 0.15) is 19.3 Å². The molecule has 0 aliphatic heterocycles. The Morgan fingerprint density at radius 1 is 1.45 bits per heavy atom. The maximum Gasteiger partial charge on any atom is 0.185 e. The van der Waals surface area contributed by atoms with Crippen molar-refractivity contribution < 1.29 is 4.74 Å². The third kappa shape index (κ3) is 2.14. The lowest BCUT2D eigenvalue weighted by Gasteiger charge is -2.40. The maximum atomic E-state index is 6.23. The van der Waals surface area contributed by atoms with Gasteiger partial charge in [-0.3, -0.25) is 0 Å². The highest BCUT2D eigenvalue weighted by Crippen LogP contribution is 2.38. The second kappa shape index (κ2) is 5.03. The van der Waals surface area contributed by atoms with Crippen LogP contribution in [0.2, 0.25) is 5.02 Å². The second-order valence-corrected chi connectivity index (χ2v) is 5.51. The van der Waals surface area contributed by atoms with Gasteiger partial charge in [0.15, 0.2) is 5.82 Å². The van der Waals surface area contributed by atoms with Crippen LogP contribution in [-0.4, -0.2) is 32.9 Å². The minimum Gasteiger partial charge on any atom is -0.398 e. The highest BCUT2D eigenvalue weighted by atomic mass is 35.5. The zero-order valence-electron chi connectivity index (χ0n) is 11.2. The van der Waals surface area contributed by atoms with Gasteiger partial charge in [0.25, 0.3) is 0 Å². The van der Waals surface area contributed by atoms with Crippen molar-refractivity contribution in [2.24, 2.45) is 0 Å². The number of halogens is 1. The van der Waals surface area contributed by atoms with Gasteiger partial charge in [-0.1, -0.05) is 17.7 Å². The SMILES string of the molecule is COC1(Cn2nnnc2-c2c(N)cccc2Cl)CCC1. The lowest BCUT2D eigenvalue weighted by Crippen LogP contribution is -2.43. The van der Waals surface area contributed by atoms with E-state index in [1.807, 2.05) is 0 Å². The second-order valence-electron chi connectivity index (χ2n) is 5.10. The molecule has 0 saturated heterocycles. The molecule has 0 amide bonds. The van der Waals surface area contributed by atoms with Crippen molar-refractivity contribution in [3.8, 4) is 11.4 Å². The lowest BCUT2D eigenvalue weighted by atomic mass is 9.80. The van der Waals surface area contributed by atoms with E-state index in [1.54, 1.807) is 30.0 Å². The summed E-state index contributed by atoms with van der Waals surface area (Å²) < 4.78 is 7.34. The van der Waals surface area contributed by atoms with Crippen LogP contribution in [0.4, 0.5) is 5.69 Å². The van der Waals surface area contributed by atoms with Gasteiger partial charge < -0.3 is 10.5 Å². The average molecular weight is 294 g/mol. The van der Waals surface area contributed by atoms with Crippen molar-refractivity contribution in [2.75, 3.05) is 12.8 Å². The van der Waals surface area contributed by atoms with Crippen LogP contribution in [0.5, 0.6) is 0 Å². The van der Waals surface area contributed by atoms with Crippen LogP contribution in [0.15, 0.2) is 18.2 Å². The molecule has 0 spiro atoms. The first-order chi connectivity index (χ1) is 9.65. The van der Waals surface area contributed by atoms with E-state index in [-0.39, 0.29) is 5.60 Å². The Morgan fingerprint density at radius 3 is 2.85 bits per heavy atom. The van der Waals surface area contributed by atoms with Crippen molar-refractivity contribution in [1.82, 2.24) is 20.2 Å². The molecule has 2 N–H and O–H groups in total. The first-order valence-electron chi connectivity index (χ1n) is 6.51. The molecule has 1 aromatic heterocycles. The number of nitrogen functional groups attached to an aromatic ring is 1. The normalized spacial score (nSPS) is 16.9. The molecule has 1 saturated carbocycles. The van der Waals surface area contributed by atoms with Crippen LogP contribution in [0, 0.1) is 0 Å². The molecule has 1 fully saturated rings. The molecule has 3 rings (SSSR count). The van der Waals surface area contributed by atoms with E-state index in [2.05, 4.69) is 15.5 Å². The number of aromatic nitrogens is 4. The number of benzene rings is 1. The quantitative estimate of drug-likeness (QED) is 0.874. The first-order valence-corrected chi connectivity index (χ1v) is 6.89. The number of hydrogen-bond acceptors (Lipinski definition) is 5. The molecule has 2 aromatic rings. The highest BCUT2D eigenvalue weighted by molar-refractivity contribution is 6.33. The van der Waals surface area contributed by atoms with Gasteiger partial charge in [-0.15, -0.1) is 5.10 Å². The summed E-state index contributed by atoms with van der Waals surface area (Å²) >= 11 is 6.23. The Morgan fingerprint density at radius 2 is 2.25 bits per heavy atom. The van der Waals surface area contributed by atoms with Crippen molar-refractivity contribution in [3.63, 3.8) is 0 Å². The Balaban J connectivity index is 1.98. The molecular formula is C13H16ClN5O. The largest absolute Gasteiger partial charge is 0.398 e. The van der Waals surface area contributed by atoms with Crippen molar-refractivity contribution in [1.29, 1.82) is 0 Å². The number of nitrogens with two attached hydrogens (primary N) is 1. The predicted octanol–water partition coefficient (Wildman–Crippen LogP) is 2.14. The predicted molar refractivity (Wildman–Crippen MR) is 76.3 cm³/mol. The van der Waals surface area contributed by atoms with Crippen LogP contribution in [0.25, 0.3) is 11.4 Å². The zero-order valence-corrected chi connectivity index (χ0v) is 12.0. The Labute approximate surface area is 121 Å². The molecule has 1 heterocycles. The van der Waals surface area contributed by atoms with Gasteiger partial charge in [0.1, 0.15) is 0 Å². The summed E-state index contributed by atoms with van der Waals surface area (Å²) in [5, 5.41) is 12.4. The smallest absolute Gasteiger partial charge is 0.185 e. The number of rotatable bonds is 4. The Hall–Kier alpha value is -1.66. The van der Waals surface area contributed by atoms with Crippen LogP contribution in [-0.2, 0) is 11.3 Å². The minimum atomic E-state index is -0.167. The summed E-state index contributed by atoms with van der Waals surface area (Å²) in [6.45, 7) is 0.608. The molecule has 7 heteroatoms. The van der Waals surface area contributed by atoms with E-state index >= 15 is 0 Å². The standard InChI is InChI=1S/C13H16ClN5O/c1-20-13(6-3-7-13)8-19-12(16-17-18-19)11-9(14)4-2-5-10(11)15/h2,4-5H,3,6-8,15H2,1H3. The molecule has 0 radical (unpaired) electrons. The van der Waals surface area contributed by atoms with Gasteiger partial charge in [0, 0.05) is 12.8 Å². The summed E-state index contributed by atoms with van der Waals surface area (Å²) in [6.07, 6.45) is 3.20. The monoisotopic (exact) mass is 293 g/mol. The van der Waals surface area contributed by atoms with E-state index in [0.717, 1.165) is 12.8 Å². The number of methoxy groups -OCH3 is 1. The molecule has 1 aliphatic carbocycles. The number of anilines is 1. The third-order valence-corrected chi connectivity index (χ3v) is 4.25. The Bertz CT molecular complexity index is 597. The maximum absolute atomic E-state index is 6.23. The molecule has 1 aromatic carbocycles. The summed E-state index contributed by atoms with van der Waals surface area (Å²) in [6, 6.07) is 5.37. The minimum absolute atomic E-state index is 0.167. The lowest BCUT2D eigenvalue weighted by molar-refractivity contribution is -0.0855. The molecule has 1 aliphatic rings. The van der Waals surface area contributed by atoms with Crippen molar-refractivity contribution >= 4 is 17.3 Å². The fourth-order valence-corrected chi connectivity index (χ4v) is 2.80. The highest BCUT2D eigenvalue weighted by Gasteiger charge is 2.38. The molecule has 0 unspecified atom stereocenters. The number of ether oxygens (including phenoxy) is 1. The van der Waals surface area contributed by atoms with E-state index in [4.69, 9.17) is 22.1 Å².